The number of ether oxygens (including phenoxy) is 2. The van der Waals surface area contributed by atoms with Crippen LogP contribution in [0.4, 0.5) is 10.6 Å². The minimum absolute atomic E-state index is 0.0599. The lowest BCUT2D eigenvalue weighted by molar-refractivity contribution is -0.145. The first-order valence-corrected chi connectivity index (χ1v) is 18.1. The first-order chi connectivity index (χ1) is 22.5. The molecule has 0 radical (unpaired) electrons. The predicted molar refractivity (Wildman–Crippen MR) is 182 cm³/mol. The fourth-order valence-electron chi connectivity index (χ4n) is 9.91. The van der Waals surface area contributed by atoms with Gasteiger partial charge < -0.3 is 23.8 Å². The molecular weight excluding hydrogens is 594 g/mol. The Kier molecular flexibility index (Phi) is 8.77. The molecule has 3 aliphatic heterocycles. The summed E-state index contributed by atoms with van der Waals surface area (Å²) in [4.78, 5) is 51.7. The molecule has 7 rings (SSSR count). The molecule has 1 amide bonds. The SMILES string of the molecule is COC(=O)[C@@H]1[C@H](N(C)C(=O)OC(C)(C)C)CN1c1nc2ccccc2n([C@H]2C[C@H]3CCC[C@@H](C2)N3C2CC3CCCCC(C3)C2)c1=O. The number of hydrogen-bond donors (Lipinski definition) is 0. The number of hydrogen-bond acceptors (Lipinski definition) is 8. The number of piperidine rings is 2. The summed E-state index contributed by atoms with van der Waals surface area (Å²) in [7, 11) is 2.97. The van der Waals surface area contributed by atoms with Crippen LogP contribution in [0.15, 0.2) is 29.1 Å². The van der Waals surface area contributed by atoms with E-state index in [1.54, 1.807) is 11.9 Å². The molecule has 4 bridgehead atoms. The van der Waals surface area contributed by atoms with Crippen LogP contribution in [-0.2, 0) is 14.3 Å². The highest BCUT2D eigenvalue weighted by atomic mass is 16.6. The van der Waals surface area contributed by atoms with Gasteiger partial charge in [0.1, 0.15) is 5.60 Å². The first kappa shape index (κ1) is 32.4. The summed E-state index contributed by atoms with van der Waals surface area (Å²) >= 11 is 0. The number of fused-ring (bicyclic) bond motifs is 5. The largest absolute Gasteiger partial charge is 0.467 e. The smallest absolute Gasteiger partial charge is 0.410 e. The highest BCUT2D eigenvalue weighted by Crippen LogP contribution is 2.47. The molecule has 1 aromatic heterocycles. The molecule has 0 spiro atoms. The predicted octanol–water partition coefficient (Wildman–Crippen LogP) is 5.91. The number of nitrogens with zero attached hydrogens (tertiary/aromatic N) is 5. The number of methoxy groups -OCH3 is 1. The van der Waals surface area contributed by atoms with Crippen LogP contribution in [0.5, 0.6) is 0 Å². The highest BCUT2D eigenvalue weighted by Gasteiger charge is 2.51. The van der Waals surface area contributed by atoms with Crippen molar-refractivity contribution in [1.82, 2.24) is 19.4 Å². The second-order valence-electron chi connectivity index (χ2n) is 16.1. The van der Waals surface area contributed by atoms with Crippen molar-refractivity contribution in [3.8, 4) is 0 Å². The summed E-state index contributed by atoms with van der Waals surface area (Å²) in [6.45, 7) is 5.71. The van der Waals surface area contributed by atoms with Gasteiger partial charge in [-0.05, 0) is 89.7 Å². The number of esters is 1. The molecule has 0 N–H and O–H groups in total. The number of carbonyl (C=O) groups excluding carboxylic acids is 2. The summed E-state index contributed by atoms with van der Waals surface area (Å²) in [5, 5.41) is 0. The van der Waals surface area contributed by atoms with E-state index in [4.69, 9.17) is 14.5 Å². The Morgan fingerprint density at radius 1 is 0.872 bits per heavy atom. The van der Waals surface area contributed by atoms with Gasteiger partial charge in [-0.2, -0.15) is 0 Å². The standard InChI is InChI=1S/C37H53N5O5/c1-37(2,3)47-36(45)39(4)31-22-40(32(31)35(44)46-5)33-34(43)42(30-16-9-8-15-29(30)38-33)28-20-25-13-10-14-26(21-28)41(25)27-18-23-11-6-7-12-24(17-23)19-27/h8-9,15-16,23-28,31-32H,6-7,10-14,17-22H2,1-5H3/t23?,24?,25-,26+,27?,28+,31-,32+/m1/s1. The van der Waals surface area contributed by atoms with Gasteiger partial charge in [-0.1, -0.05) is 44.2 Å². The summed E-state index contributed by atoms with van der Waals surface area (Å²) < 4.78 is 12.8. The maximum absolute atomic E-state index is 14.6. The zero-order valence-corrected chi connectivity index (χ0v) is 28.9. The van der Waals surface area contributed by atoms with Crippen molar-refractivity contribution >= 4 is 28.9 Å². The maximum Gasteiger partial charge on any atom is 0.410 e. The molecule has 10 heteroatoms. The number of para-hydroxylation sites is 2. The quantitative estimate of drug-likeness (QED) is 0.370. The van der Waals surface area contributed by atoms with E-state index in [-0.39, 0.29) is 24.0 Å². The zero-order valence-electron chi connectivity index (χ0n) is 28.9. The Balaban J connectivity index is 1.19. The van der Waals surface area contributed by atoms with E-state index in [2.05, 4.69) is 4.90 Å². The molecule has 10 nitrogen and oxygen atoms in total. The number of anilines is 1. The van der Waals surface area contributed by atoms with Crippen molar-refractivity contribution in [1.29, 1.82) is 0 Å². The Hall–Kier alpha value is -3.14. The van der Waals surface area contributed by atoms with E-state index in [1.165, 1.54) is 76.2 Å². The third kappa shape index (κ3) is 6.15. The van der Waals surface area contributed by atoms with Gasteiger partial charge in [0.25, 0.3) is 5.56 Å². The Bertz CT molecular complexity index is 1520. The Labute approximate surface area is 278 Å². The number of likely N-dealkylation sites (N-methyl/N-ethyl adjacent to an activating group) is 1. The molecule has 256 valence electrons. The van der Waals surface area contributed by atoms with Crippen molar-refractivity contribution in [3.05, 3.63) is 34.6 Å². The number of carbonyl (C=O) groups is 2. The number of rotatable bonds is 5. The van der Waals surface area contributed by atoms with Crippen molar-refractivity contribution in [2.75, 3.05) is 25.6 Å². The van der Waals surface area contributed by atoms with Crippen LogP contribution in [0.2, 0.25) is 0 Å². The summed E-state index contributed by atoms with van der Waals surface area (Å²) in [6, 6.07) is 8.22. The number of aromatic nitrogens is 2. The Morgan fingerprint density at radius 3 is 2.17 bits per heavy atom. The second-order valence-corrected chi connectivity index (χ2v) is 16.1. The zero-order chi connectivity index (χ0) is 33.0. The monoisotopic (exact) mass is 647 g/mol. The number of amides is 1. The van der Waals surface area contributed by atoms with Gasteiger partial charge in [0.2, 0.25) is 0 Å². The molecule has 5 aliphatic rings. The fraction of sp³-hybridized carbons (Fsp3) is 0.730. The van der Waals surface area contributed by atoms with Crippen LogP contribution in [-0.4, -0.2) is 87.9 Å². The Morgan fingerprint density at radius 2 is 1.53 bits per heavy atom. The fourth-order valence-corrected chi connectivity index (χ4v) is 9.91. The summed E-state index contributed by atoms with van der Waals surface area (Å²) in [5.41, 5.74) is 0.737. The second kappa shape index (κ2) is 12.7. The first-order valence-electron chi connectivity index (χ1n) is 18.1. The molecule has 1 aromatic carbocycles. The molecule has 2 saturated carbocycles. The van der Waals surface area contributed by atoms with E-state index < -0.39 is 29.7 Å². The maximum atomic E-state index is 14.6. The average Bonchev–Trinajstić information content (AvgIpc) is 3.18. The minimum atomic E-state index is -0.858. The highest BCUT2D eigenvalue weighted by molar-refractivity contribution is 5.85. The summed E-state index contributed by atoms with van der Waals surface area (Å²) in [6.07, 6.45) is 14.8. The normalized spacial score (nSPS) is 32.7. The van der Waals surface area contributed by atoms with Gasteiger partial charge >= 0.3 is 12.1 Å². The molecule has 2 aromatic rings. The van der Waals surface area contributed by atoms with Crippen LogP contribution in [0.1, 0.15) is 104 Å². The molecule has 47 heavy (non-hydrogen) atoms. The summed E-state index contributed by atoms with van der Waals surface area (Å²) in [5.74, 6) is 1.50. The lowest BCUT2D eigenvalue weighted by atomic mass is 9.73. The molecule has 5 fully saturated rings. The van der Waals surface area contributed by atoms with E-state index in [1.807, 2.05) is 49.6 Å². The van der Waals surface area contributed by atoms with Gasteiger partial charge in [-0.3, -0.25) is 9.69 Å². The van der Waals surface area contributed by atoms with Crippen molar-refractivity contribution in [2.45, 2.75) is 140 Å². The van der Waals surface area contributed by atoms with Crippen LogP contribution >= 0.6 is 0 Å². The minimum Gasteiger partial charge on any atom is -0.467 e. The molecule has 2 aliphatic carbocycles. The van der Waals surface area contributed by atoms with Crippen LogP contribution in [0.3, 0.4) is 0 Å². The van der Waals surface area contributed by atoms with E-state index >= 15 is 0 Å². The van der Waals surface area contributed by atoms with Gasteiger partial charge in [-0.15, -0.1) is 0 Å². The molecule has 2 unspecified atom stereocenters. The van der Waals surface area contributed by atoms with E-state index in [9.17, 15) is 14.4 Å². The van der Waals surface area contributed by atoms with Crippen molar-refractivity contribution < 1.29 is 19.1 Å². The lowest BCUT2D eigenvalue weighted by Gasteiger charge is -2.54. The third-order valence-electron chi connectivity index (χ3n) is 11.9. The molecular formula is C37H53N5O5. The van der Waals surface area contributed by atoms with Crippen molar-refractivity contribution in [3.63, 3.8) is 0 Å². The van der Waals surface area contributed by atoms with Gasteiger partial charge in [0, 0.05) is 37.8 Å². The average molecular weight is 648 g/mol. The van der Waals surface area contributed by atoms with Gasteiger partial charge in [0.15, 0.2) is 11.9 Å². The molecule has 3 saturated heterocycles. The van der Waals surface area contributed by atoms with E-state index in [0.717, 1.165) is 35.7 Å². The molecule has 4 heterocycles. The topological polar surface area (TPSA) is 97.2 Å². The van der Waals surface area contributed by atoms with Gasteiger partial charge in [-0.25, -0.2) is 14.6 Å². The van der Waals surface area contributed by atoms with E-state index in [0.29, 0.717) is 18.1 Å². The van der Waals surface area contributed by atoms with Crippen LogP contribution in [0, 0.1) is 11.8 Å². The third-order valence-corrected chi connectivity index (χ3v) is 11.9. The van der Waals surface area contributed by atoms with Crippen molar-refractivity contribution in [2.24, 2.45) is 11.8 Å². The van der Waals surface area contributed by atoms with Crippen LogP contribution in [0.25, 0.3) is 11.0 Å². The molecule has 7 atom stereocenters. The van der Waals surface area contributed by atoms with Gasteiger partial charge in [0.05, 0.1) is 24.2 Å². The van der Waals surface area contributed by atoms with Crippen LogP contribution < -0.4 is 10.5 Å². The number of benzene rings is 1. The lowest BCUT2D eigenvalue weighted by Crippen LogP contribution is -2.71.